The molecule has 0 aliphatic rings. The zero-order chi connectivity index (χ0) is 22.4. The number of hydrogen-bond acceptors (Lipinski definition) is 6. The minimum Gasteiger partial charge on any atom is -0.280 e. The van der Waals surface area contributed by atoms with E-state index in [0.717, 1.165) is 0 Å². The molecule has 0 heterocycles. The van der Waals surface area contributed by atoms with Crippen LogP contribution in [-0.2, 0) is 10.0 Å². The first-order valence-electron chi connectivity index (χ1n) is 8.71. The minimum atomic E-state index is -3.80. The monoisotopic (exact) mass is 458 g/mol. The first-order chi connectivity index (χ1) is 14.7. The number of nitro benzene ring substituents is 1. The second kappa shape index (κ2) is 9.37. The molecule has 0 atom stereocenters. The molecule has 0 aliphatic heterocycles. The molecule has 0 saturated heterocycles. The zero-order valence-electron chi connectivity index (χ0n) is 15.7. The van der Waals surface area contributed by atoms with Crippen molar-refractivity contribution < 1.29 is 18.1 Å². The largest absolute Gasteiger partial charge is 0.280 e. The number of benzene rings is 3. The Morgan fingerprint density at radius 1 is 1.03 bits per heavy atom. The highest BCUT2D eigenvalue weighted by molar-refractivity contribution is 7.92. The van der Waals surface area contributed by atoms with Crippen LogP contribution in [0.1, 0.15) is 15.9 Å². The Labute approximate surface area is 182 Å². The van der Waals surface area contributed by atoms with Crippen LogP contribution in [0.4, 0.5) is 11.4 Å². The van der Waals surface area contributed by atoms with Gasteiger partial charge in [-0.3, -0.25) is 19.6 Å². The van der Waals surface area contributed by atoms with E-state index in [1.54, 1.807) is 6.07 Å². The number of carbonyl (C=O) groups is 1. The smallest absolute Gasteiger partial charge is 0.271 e. The van der Waals surface area contributed by atoms with Crippen LogP contribution in [0.15, 0.2) is 82.8 Å². The average Bonchev–Trinajstić information content (AvgIpc) is 2.74. The summed E-state index contributed by atoms with van der Waals surface area (Å²) in [5.74, 6) is -0.534. The van der Waals surface area contributed by atoms with E-state index in [-0.39, 0.29) is 21.8 Å². The molecule has 31 heavy (non-hydrogen) atoms. The summed E-state index contributed by atoms with van der Waals surface area (Å²) in [6, 6.07) is 17.2. The lowest BCUT2D eigenvalue weighted by atomic mass is 10.2. The summed E-state index contributed by atoms with van der Waals surface area (Å²) in [6.07, 6.45) is 1.28. The van der Waals surface area contributed by atoms with Gasteiger partial charge in [0.25, 0.3) is 21.6 Å². The Morgan fingerprint density at radius 2 is 1.71 bits per heavy atom. The SMILES string of the molecule is O=C(N/N=C/c1cccc([N+](=O)[O-])c1)c1ccc(NS(=O)(=O)c2ccc(Cl)cc2)cc1. The molecule has 0 spiro atoms. The molecule has 9 nitrogen and oxygen atoms in total. The van der Waals surface area contributed by atoms with E-state index >= 15 is 0 Å². The highest BCUT2D eigenvalue weighted by Gasteiger charge is 2.14. The molecule has 0 saturated carbocycles. The first-order valence-corrected chi connectivity index (χ1v) is 10.6. The molecule has 0 bridgehead atoms. The van der Waals surface area contributed by atoms with Gasteiger partial charge in [0.1, 0.15) is 0 Å². The Balaban J connectivity index is 1.63. The van der Waals surface area contributed by atoms with Crippen molar-refractivity contribution >= 4 is 45.1 Å². The van der Waals surface area contributed by atoms with Crippen molar-refractivity contribution in [3.05, 3.63) is 99.1 Å². The summed E-state index contributed by atoms with van der Waals surface area (Å²) in [6.45, 7) is 0. The van der Waals surface area contributed by atoms with Gasteiger partial charge in [-0.15, -0.1) is 0 Å². The Bertz CT molecular complexity index is 1240. The molecule has 1 amide bonds. The molecule has 0 radical (unpaired) electrons. The van der Waals surface area contributed by atoms with E-state index in [2.05, 4.69) is 15.2 Å². The predicted molar refractivity (Wildman–Crippen MR) is 117 cm³/mol. The van der Waals surface area contributed by atoms with Gasteiger partial charge < -0.3 is 0 Å². The summed E-state index contributed by atoms with van der Waals surface area (Å²) < 4.78 is 27.2. The van der Waals surface area contributed by atoms with Gasteiger partial charge >= 0.3 is 0 Å². The average molecular weight is 459 g/mol. The molecule has 3 aromatic carbocycles. The van der Waals surface area contributed by atoms with Gasteiger partial charge in [-0.2, -0.15) is 5.10 Å². The number of hydrogen-bond donors (Lipinski definition) is 2. The minimum absolute atomic E-state index is 0.0502. The summed E-state index contributed by atoms with van der Waals surface area (Å²) in [7, 11) is -3.80. The lowest BCUT2D eigenvalue weighted by molar-refractivity contribution is -0.384. The number of carbonyl (C=O) groups excluding carboxylic acids is 1. The van der Waals surface area contributed by atoms with E-state index in [4.69, 9.17) is 11.6 Å². The molecular weight excluding hydrogens is 444 g/mol. The van der Waals surface area contributed by atoms with E-state index in [0.29, 0.717) is 10.6 Å². The van der Waals surface area contributed by atoms with Crippen LogP contribution >= 0.6 is 11.6 Å². The summed E-state index contributed by atoms with van der Waals surface area (Å²) in [5, 5.41) is 15.0. The number of anilines is 1. The highest BCUT2D eigenvalue weighted by Crippen LogP contribution is 2.19. The second-order valence-electron chi connectivity index (χ2n) is 6.19. The van der Waals surface area contributed by atoms with Gasteiger partial charge in [-0.25, -0.2) is 13.8 Å². The topological polar surface area (TPSA) is 131 Å². The van der Waals surface area contributed by atoms with Crippen LogP contribution in [0.2, 0.25) is 5.02 Å². The third-order valence-electron chi connectivity index (χ3n) is 3.98. The molecule has 11 heteroatoms. The summed E-state index contributed by atoms with van der Waals surface area (Å²) in [4.78, 5) is 22.5. The van der Waals surface area contributed by atoms with Gasteiger partial charge in [0.2, 0.25) is 0 Å². The van der Waals surface area contributed by atoms with Crippen LogP contribution in [0.3, 0.4) is 0 Å². The maximum atomic E-state index is 12.4. The van der Waals surface area contributed by atoms with Crippen LogP contribution in [-0.4, -0.2) is 25.5 Å². The molecule has 0 unspecified atom stereocenters. The maximum absolute atomic E-state index is 12.4. The Morgan fingerprint density at radius 3 is 2.35 bits per heavy atom. The fourth-order valence-corrected chi connectivity index (χ4v) is 3.65. The van der Waals surface area contributed by atoms with E-state index in [1.165, 1.54) is 72.9 Å². The number of nitro groups is 1. The molecule has 3 rings (SSSR count). The second-order valence-corrected chi connectivity index (χ2v) is 8.31. The lowest BCUT2D eigenvalue weighted by Gasteiger charge is -2.08. The van der Waals surface area contributed by atoms with E-state index in [1.807, 2.05) is 0 Å². The standard InChI is InChI=1S/C20H15ClN4O5S/c21-16-6-10-19(11-7-16)31(29,30)24-17-8-4-15(5-9-17)20(26)23-22-13-14-2-1-3-18(12-14)25(27)28/h1-13,24H,(H,23,26)/b22-13+. The van der Waals surface area contributed by atoms with Crippen molar-refractivity contribution in [1.82, 2.24) is 5.43 Å². The molecular formula is C20H15ClN4O5S. The first kappa shape index (κ1) is 21.9. The number of hydrazone groups is 1. The number of nitrogens with zero attached hydrogens (tertiary/aromatic N) is 2. The highest BCUT2D eigenvalue weighted by atomic mass is 35.5. The zero-order valence-corrected chi connectivity index (χ0v) is 17.3. The molecule has 2 N–H and O–H groups in total. The molecule has 0 aromatic heterocycles. The number of sulfonamides is 1. The number of nitrogens with one attached hydrogen (secondary N) is 2. The Hall–Kier alpha value is -3.76. The van der Waals surface area contributed by atoms with Crippen LogP contribution in [0, 0.1) is 10.1 Å². The van der Waals surface area contributed by atoms with E-state index in [9.17, 15) is 23.3 Å². The summed E-state index contributed by atoms with van der Waals surface area (Å²) in [5.41, 5.74) is 3.17. The predicted octanol–water partition coefficient (Wildman–Crippen LogP) is 3.81. The van der Waals surface area contributed by atoms with Gasteiger partial charge in [0.15, 0.2) is 0 Å². The van der Waals surface area contributed by atoms with Crippen LogP contribution in [0.5, 0.6) is 0 Å². The normalized spacial score (nSPS) is 11.3. The third kappa shape index (κ3) is 5.87. The fourth-order valence-electron chi connectivity index (χ4n) is 2.47. The molecule has 3 aromatic rings. The fraction of sp³-hybridized carbons (Fsp3) is 0. The molecule has 0 aliphatic carbocycles. The quantitative estimate of drug-likeness (QED) is 0.315. The van der Waals surface area contributed by atoms with Crippen LogP contribution < -0.4 is 10.1 Å². The number of rotatable bonds is 7. The van der Waals surface area contributed by atoms with Crippen molar-refractivity contribution in [3.8, 4) is 0 Å². The van der Waals surface area contributed by atoms with E-state index < -0.39 is 20.9 Å². The van der Waals surface area contributed by atoms with Crippen molar-refractivity contribution in [3.63, 3.8) is 0 Å². The number of non-ortho nitro benzene ring substituents is 1. The lowest BCUT2D eigenvalue weighted by Crippen LogP contribution is -2.18. The van der Waals surface area contributed by atoms with Gasteiger partial charge in [-0.05, 0) is 48.5 Å². The molecule has 158 valence electrons. The summed E-state index contributed by atoms with van der Waals surface area (Å²) >= 11 is 5.77. The number of halogens is 1. The van der Waals surface area contributed by atoms with Crippen LogP contribution in [0.25, 0.3) is 0 Å². The van der Waals surface area contributed by atoms with Crippen molar-refractivity contribution in [2.45, 2.75) is 4.90 Å². The maximum Gasteiger partial charge on any atom is 0.271 e. The van der Waals surface area contributed by atoms with Gasteiger partial charge in [-0.1, -0.05) is 23.7 Å². The molecule has 0 fully saturated rings. The van der Waals surface area contributed by atoms with Crippen molar-refractivity contribution in [2.24, 2.45) is 5.10 Å². The third-order valence-corrected chi connectivity index (χ3v) is 5.63. The Kier molecular flexibility index (Phi) is 6.63. The van der Waals surface area contributed by atoms with Gasteiger partial charge in [0, 0.05) is 34.0 Å². The number of amides is 1. The van der Waals surface area contributed by atoms with Crippen molar-refractivity contribution in [2.75, 3.05) is 4.72 Å². The van der Waals surface area contributed by atoms with Crippen molar-refractivity contribution in [1.29, 1.82) is 0 Å². The van der Waals surface area contributed by atoms with Gasteiger partial charge in [0.05, 0.1) is 16.0 Å².